The zero-order valence-corrected chi connectivity index (χ0v) is 20.7. The zero-order valence-electron chi connectivity index (χ0n) is 19.9. The molecule has 0 saturated heterocycles. The SMILES string of the molecule is CCN(CC)CC(=O)Nc1cccc(N/C=c2/s/c(=C(/C#N)C(=O)NCC(F)(F)F)n(CC)c2=O)n1. The lowest BCUT2D eigenvalue weighted by Gasteiger charge is -2.17. The summed E-state index contributed by atoms with van der Waals surface area (Å²) in [6.45, 7) is 5.64. The van der Waals surface area contributed by atoms with E-state index in [1.54, 1.807) is 36.5 Å². The fourth-order valence-corrected chi connectivity index (χ4v) is 4.10. The van der Waals surface area contributed by atoms with E-state index in [1.807, 2.05) is 18.7 Å². The van der Waals surface area contributed by atoms with Gasteiger partial charge in [-0.1, -0.05) is 19.9 Å². The fraction of sp³-hybridized carbons (Fsp3) is 0.409. The second kappa shape index (κ2) is 12.8. The van der Waals surface area contributed by atoms with Crippen LogP contribution in [0.4, 0.5) is 24.8 Å². The van der Waals surface area contributed by atoms with Crippen molar-refractivity contribution in [3.8, 4) is 6.07 Å². The summed E-state index contributed by atoms with van der Waals surface area (Å²) in [5.41, 5.74) is -1.14. The standard InChI is InChI=1S/C22H26F3N7O3S/c1-4-31(5-2)12-18(33)30-17-9-7-8-16(29-17)27-11-15-20(35)32(6-3)21(36-15)14(10-26)19(34)28-13-22(23,24)25/h7-9,11H,4-6,12-13H2,1-3H3,(H,28,34)(H2,27,29,30,33)/b15-11+,21-14-. The van der Waals surface area contributed by atoms with Gasteiger partial charge in [0.2, 0.25) is 5.91 Å². The Bertz CT molecular complexity index is 1310. The average Bonchev–Trinajstić information content (AvgIpc) is 3.14. The first-order chi connectivity index (χ1) is 17.0. The van der Waals surface area contributed by atoms with Crippen molar-refractivity contribution >= 4 is 46.6 Å². The van der Waals surface area contributed by atoms with Gasteiger partial charge in [-0.15, -0.1) is 11.3 Å². The normalized spacial score (nSPS) is 12.8. The summed E-state index contributed by atoms with van der Waals surface area (Å²) >= 11 is 0.779. The summed E-state index contributed by atoms with van der Waals surface area (Å²) in [7, 11) is 0. The lowest BCUT2D eigenvalue weighted by atomic mass is 10.3. The number of nitrogens with zero attached hydrogens (tertiary/aromatic N) is 4. The molecular weight excluding hydrogens is 499 g/mol. The minimum atomic E-state index is -4.65. The maximum Gasteiger partial charge on any atom is 0.405 e. The van der Waals surface area contributed by atoms with Crippen LogP contribution in [0.15, 0.2) is 23.0 Å². The quantitative estimate of drug-likeness (QED) is 0.418. The number of rotatable bonds is 10. The fourth-order valence-electron chi connectivity index (χ4n) is 3.01. The van der Waals surface area contributed by atoms with Crippen LogP contribution in [0.3, 0.4) is 0 Å². The smallest absolute Gasteiger partial charge is 0.345 e. The molecule has 0 atom stereocenters. The van der Waals surface area contributed by atoms with Crippen LogP contribution in [0.5, 0.6) is 0 Å². The lowest BCUT2D eigenvalue weighted by molar-refractivity contribution is -0.135. The minimum absolute atomic E-state index is 0.0666. The predicted molar refractivity (Wildman–Crippen MR) is 130 cm³/mol. The Morgan fingerprint density at radius 3 is 2.47 bits per heavy atom. The summed E-state index contributed by atoms with van der Waals surface area (Å²) in [5.74, 6) is -0.859. The third-order valence-electron chi connectivity index (χ3n) is 4.86. The number of nitrogens with one attached hydrogen (secondary N) is 3. The molecule has 0 bridgehead atoms. The Kier molecular flexibility index (Phi) is 10.2. The Labute approximate surface area is 208 Å². The molecule has 2 heterocycles. The van der Waals surface area contributed by atoms with Crippen LogP contribution in [0.1, 0.15) is 20.8 Å². The van der Waals surface area contributed by atoms with Gasteiger partial charge in [0.1, 0.15) is 33.4 Å². The van der Waals surface area contributed by atoms with Crippen molar-refractivity contribution in [3.63, 3.8) is 0 Å². The van der Waals surface area contributed by atoms with E-state index in [4.69, 9.17) is 0 Å². The van der Waals surface area contributed by atoms with E-state index < -0.39 is 29.8 Å². The van der Waals surface area contributed by atoms with Gasteiger partial charge in [-0.05, 0) is 32.1 Å². The Morgan fingerprint density at radius 2 is 1.89 bits per heavy atom. The van der Waals surface area contributed by atoms with Gasteiger partial charge in [0.15, 0.2) is 5.57 Å². The summed E-state index contributed by atoms with van der Waals surface area (Å²) in [5, 5.41) is 16.6. The molecule has 2 rings (SSSR count). The molecule has 194 valence electrons. The summed E-state index contributed by atoms with van der Waals surface area (Å²) in [6.07, 6.45) is -3.33. The third-order valence-corrected chi connectivity index (χ3v) is 5.99. The molecule has 0 saturated carbocycles. The number of carbonyl (C=O) groups is 2. The first-order valence-electron chi connectivity index (χ1n) is 11.0. The van der Waals surface area contributed by atoms with Gasteiger partial charge >= 0.3 is 6.18 Å². The number of hydrogen-bond acceptors (Lipinski definition) is 8. The van der Waals surface area contributed by atoms with Gasteiger partial charge in [-0.3, -0.25) is 23.9 Å². The van der Waals surface area contributed by atoms with E-state index in [-0.39, 0.29) is 28.2 Å². The molecule has 0 aliphatic heterocycles. The molecule has 0 aromatic carbocycles. The van der Waals surface area contributed by atoms with Crippen LogP contribution in [-0.2, 0) is 16.1 Å². The molecule has 0 radical (unpaired) electrons. The Balaban J connectivity index is 2.32. The van der Waals surface area contributed by atoms with Crippen molar-refractivity contribution in [2.24, 2.45) is 0 Å². The number of hydrogen-bond donors (Lipinski definition) is 3. The van der Waals surface area contributed by atoms with Gasteiger partial charge in [0.05, 0.1) is 6.54 Å². The number of halogens is 3. The molecule has 2 aromatic heterocycles. The Morgan fingerprint density at radius 1 is 1.22 bits per heavy atom. The molecule has 0 aliphatic carbocycles. The topological polar surface area (TPSA) is 132 Å². The van der Waals surface area contributed by atoms with E-state index in [9.17, 15) is 32.8 Å². The highest BCUT2D eigenvalue weighted by Crippen LogP contribution is 2.12. The second-order valence-corrected chi connectivity index (χ2v) is 8.34. The van der Waals surface area contributed by atoms with Crippen LogP contribution in [0.25, 0.3) is 11.8 Å². The highest BCUT2D eigenvalue weighted by Gasteiger charge is 2.28. The zero-order chi connectivity index (χ0) is 26.9. The van der Waals surface area contributed by atoms with E-state index in [0.717, 1.165) is 29.0 Å². The first-order valence-corrected chi connectivity index (χ1v) is 11.8. The van der Waals surface area contributed by atoms with Gasteiger partial charge < -0.3 is 16.0 Å². The molecule has 36 heavy (non-hydrogen) atoms. The second-order valence-electron chi connectivity index (χ2n) is 7.31. The van der Waals surface area contributed by atoms with Gasteiger partial charge in [0, 0.05) is 12.7 Å². The maximum atomic E-state index is 12.8. The molecule has 0 fully saturated rings. The first kappa shape index (κ1) is 28.5. The minimum Gasteiger partial charge on any atom is -0.345 e. The van der Waals surface area contributed by atoms with Crippen LogP contribution in [0, 0.1) is 11.3 Å². The van der Waals surface area contributed by atoms with Crippen molar-refractivity contribution in [1.82, 2.24) is 19.8 Å². The number of pyridine rings is 1. The molecule has 10 nitrogen and oxygen atoms in total. The molecule has 3 N–H and O–H groups in total. The molecule has 0 aliphatic rings. The highest BCUT2D eigenvalue weighted by atomic mass is 32.1. The van der Waals surface area contributed by atoms with Crippen molar-refractivity contribution in [3.05, 3.63) is 37.7 Å². The molecule has 0 spiro atoms. The number of anilines is 2. The highest BCUT2D eigenvalue weighted by molar-refractivity contribution is 7.07. The predicted octanol–water partition coefficient (Wildman–Crippen LogP) is 0.808. The Hall–Kier alpha value is -3.70. The average molecular weight is 526 g/mol. The van der Waals surface area contributed by atoms with E-state index in [0.29, 0.717) is 11.6 Å². The molecule has 2 amide bonds. The summed E-state index contributed by atoms with van der Waals surface area (Å²) in [4.78, 5) is 43.3. The summed E-state index contributed by atoms with van der Waals surface area (Å²) < 4.78 is 38.5. The van der Waals surface area contributed by atoms with E-state index in [2.05, 4.69) is 15.6 Å². The van der Waals surface area contributed by atoms with E-state index >= 15 is 0 Å². The summed E-state index contributed by atoms with van der Waals surface area (Å²) in [6, 6.07) is 6.44. The van der Waals surface area contributed by atoms with E-state index in [1.165, 1.54) is 6.20 Å². The molecular formula is C22H26F3N7O3S. The number of carbonyl (C=O) groups excluding carboxylic acids is 2. The van der Waals surface area contributed by atoms with Crippen LogP contribution < -0.4 is 30.7 Å². The number of nitriles is 1. The molecule has 0 unspecified atom stereocenters. The monoisotopic (exact) mass is 525 g/mol. The largest absolute Gasteiger partial charge is 0.405 e. The van der Waals surface area contributed by atoms with Crippen molar-refractivity contribution in [2.45, 2.75) is 33.5 Å². The van der Waals surface area contributed by atoms with Crippen LogP contribution >= 0.6 is 11.3 Å². The molecule has 14 heteroatoms. The van der Waals surface area contributed by atoms with Crippen LogP contribution in [-0.4, -0.2) is 58.6 Å². The van der Waals surface area contributed by atoms with Crippen molar-refractivity contribution in [2.75, 3.05) is 36.8 Å². The number of aromatic nitrogens is 2. The third kappa shape index (κ3) is 7.92. The number of alkyl halides is 3. The van der Waals surface area contributed by atoms with Gasteiger partial charge in [-0.25, -0.2) is 4.98 Å². The number of thiazole rings is 1. The number of likely N-dealkylation sites (N-methyl/N-ethyl adjacent to an activating group) is 1. The van der Waals surface area contributed by atoms with Crippen LogP contribution in [0.2, 0.25) is 0 Å². The molecule has 2 aromatic rings. The maximum absolute atomic E-state index is 12.8. The van der Waals surface area contributed by atoms with Gasteiger partial charge in [-0.2, -0.15) is 18.4 Å². The van der Waals surface area contributed by atoms with Crippen molar-refractivity contribution < 1.29 is 22.8 Å². The van der Waals surface area contributed by atoms with Crippen molar-refractivity contribution in [1.29, 1.82) is 5.26 Å². The van der Waals surface area contributed by atoms with Gasteiger partial charge in [0.25, 0.3) is 11.5 Å². The number of amides is 2. The lowest BCUT2D eigenvalue weighted by Crippen LogP contribution is -2.37.